The smallest absolute Gasteiger partial charge is 0.266 e. The van der Waals surface area contributed by atoms with E-state index >= 15 is 0 Å². The van der Waals surface area contributed by atoms with Crippen LogP contribution in [0.5, 0.6) is 5.75 Å². The minimum atomic E-state index is -3.94. The molecule has 0 spiro atoms. The van der Waals surface area contributed by atoms with Crippen LogP contribution in [0.4, 0.5) is 5.69 Å². The Hall–Kier alpha value is -1.69. The molecule has 0 atom stereocenters. The standard InChI is InChI=1S/C18H19Cl2NO3S/c1-5-10-21(14-7-6-12(2)11-13(14)3)25(22,23)16-9-8-15(24-4)17(19)18(16)20/h5-9,11H,1,10H2,2-4H3. The fourth-order valence-corrected chi connectivity index (χ4v) is 4.84. The third-order valence-corrected chi connectivity index (χ3v) is 6.51. The molecule has 0 fully saturated rings. The molecule has 0 aliphatic rings. The van der Waals surface area contributed by atoms with Gasteiger partial charge < -0.3 is 4.74 Å². The first-order valence-electron chi connectivity index (χ1n) is 7.47. The van der Waals surface area contributed by atoms with Crippen molar-refractivity contribution >= 4 is 38.9 Å². The molecule has 134 valence electrons. The van der Waals surface area contributed by atoms with Gasteiger partial charge in [0, 0.05) is 0 Å². The summed E-state index contributed by atoms with van der Waals surface area (Å²) < 4.78 is 32.8. The quantitative estimate of drug-likeness (QED) is 0.641. The van der Waals surface area contributed by atoms with Gasteiger partial charge in [-0.25, -0.2) is 8.42 Å². The van der Waals surface area contributed by atoms with E-state index in [0.29, 0.717) is 11.4 Å². The number of nitrogens with zero attached hydrogens (tertiary/aromatic N) is 1. The largest absolute Gasteiger partial charge is 0.495 e. The fourth-order valence-electron chi connectivity index (χ4n) is 2.52. The van der Waals surface area contributed by atoms with Crippen LogP contribution in [0.1, 0.15) is 11.1 Å². The van der Waals surface area contributed by atoms with E-state index in [4.69, 9.17) is 27.9 Å². The van der Waals surface area contributed by atoms with Gasteiger partial charge in [0.15, 0.2) is 0 Å². The number of benzene rings is 2. The molecule has 0 aromatic heterocycles. The zero-order valence-electron chi connectivity index (χ0n) is 14.2. The summed E-state index contributed by atoms with van der Waals surface area (Å²) >= 11 is 12.3. The number of hydrogen-bond donors (Lipinski definition) is 0. The SMILES string of the molecule is C=CCN(c1ccc(C)cc1C)S(=O)(=O)c1ccc(OC)c(Cl)c1Cl. The van der Waals surface area contributed by atoms with Gasteiger partial charge in [-0.15, -0.1) is 6.58 Å². The summed E-state index contributed by atoms with van der Waals surface area (Å²) in [5.41, 5.74) is 2.44. The normalized spacial score (nSPS) is 11.2. The summed E-state index contributed by atoms with van der Waals surface area (Å²) in [6.07, 6.45) is 1.52. The zero-order chi connectivity index (χ0) is 18.8. The highest BCUT2D eigenvalue weighted by molar-refractivity contribution is 7.93. The van der Waals surface area contributed by atoms with Crippen molar-refractivity contribution in [3.8, 4) is 5.75 Å². The highest BCUT2D eigenvalue weighted by atomic mass is 35.5. The molecule has 4 nitrogen and oxygen atoms in total. The number of anilines is 1. The predicted octanol–water partition coefficient (Wildman–Crippen LogP) is 5.00. The molecule has 0 unspecified atom stereocenters. The number of hydrogen-bond acceptors (Lipinski definition) is 3. The minimum Gasteiger partial charge on any atom is -0.495 e. The molecule has 0 N–H and O–H groups in total. The maximum atomic E-state index is 13.2. The van der Waals surface area contributed by atoms with E-state index in [1.165, 1.54) is 29.6 Å². The first kappa shape index (κ1) is 19.6. The van der Waals surface area contributed by atoms with E-state index in [0.717, 1.165) is 11.1 Å². The van der Waals surface area contributed by atoms with E-state index in [1.54, 1.807) is 6.07 Å². The van der Waals surface area contributed by atoms with E-state index in [2.05, 4.69) is 6.58 Å². The van der Waals surface area contributed by atoms with Crippen LogP contribution in [-0.4, -0.2) is 22.1 Å². The van der Waals surface area contributed by atoms with Gasteiger partial charge in [-0.1, -0.05) is 47.0 Å². The van der Waals surface area contributed by atoms with Crippen LogP contribution < -0.4 is 9.04 Å². The van der Waals surface area contributed by atoms with Crippen molar-refractivity contribution in [1.82, 2.24) is 0 Å². The zero-order valence-corrected chi connectivity index (χ0v) is 16.5. The monoisotopic (exact) mass is 399 g/mol. The van der Waals surface area contributed by atoms with Crippen LogP contribution in [-0.2, 0) is 10.0 Å². The van der Waals surface area contributed by atoms with Gasteiger partial charge in [-0.05, 0) is 37.6 Å². The number of rotatable bonds is 6. The lowest BCUT2D eigenvalue weighted by Crippen LogP contribution is -2.32. The highest BCUT2D eigenvalue weighted by Crippen LogP contribution is 2.39. The number of sulfonamides is 1. The molecule has 0 saturated heterocycles. The molecule has 0 saturated carbocycles. The topological polar surface area (TPSA) is 46.6 Å². The molecule has 0 aliphatic carbocycles. The van der Waals surface area contributed by atoms with Crippen molar-refractivity contribution in [2.75, 3.05) is 18.0 Å². The molecular weight excluding hydrogens is 381 g/mol. The van der Waals surface area contributed by atoms with Crippen molar-refractivity contribution in [2.45, 2.75) is 18.7 Å². The molecule has 2 aromatic rings. The average molecular weight is 400 g/mol. The molecule has 2 aromatic carbocycles. The Morgan fingerprint density at radius 3 is 2.40 bits per heavy atom. The lowest BCUT2D eigenvalue weighted by Gasteiger charge is -2.26. The van der Waals surface area contributed by atoms with Gasteiger partial charge in [0.25, 0.3) is 10.0 Å². The average Bonchev–Trinajstić information content (AvgIpc) is 2.55. The molecule has 7 heteroatoms. The Morgan fingerprint density at radius 1 is 1.16 bits per heavy atom. The van der Waals surface area contributed by atoms with Gasteiger partial charge in [0.1, 0.15) is 15.7 Å². The third-order valence-electron chi connectivity index (χ3n) is 3.72. The number of halogens is 2. The predicted molar refractivity (Wildman–Crippen MR) is 104 cm³/mol. The first-order valence-corrected chi connectivity index (χ1v) is 9.66. The van der Waals surface area contributed by atoms with Crippen LogP contribution in [0.25, 0.3) is 0 Å². The van der Waals surface area contributed by atoms with Crippen LogP contribution in [0.3, 0.4) is 0 Å². The third kappa shape index (κ3) is 3.78. The van der Waals surface area contributed by atoms with Gasteiger partial charge >= 0.3 is 0 Å². The van der Waals surface area contributed by atoms with Gasteiger partial charge in [-0.3, -0.25) is 4.31 Å². The first-order chi connectivity index (χ1) is 11.7. The summed E-state index contributed by atoms with van der Waals surface area (Å²) in [4.78, 5) is -0.0817. The van der Waals surface area contributed by atoms with Crippen molar-refractivity contribution in [1.29, 1.82) is 0 Å². The minimum absolute atomic E-state index is 0.0597. The molecule has 0 aliphatic heterocycles. The Bertz CT molecular complexity index is 911. The van der Waals surface area contributed by atoms with Crippen molar-refractivity contribution in [3.05, 3.63) is 64.2 Å². The van der Waals surface area contributed by atoms with Crippen molar-refractivity contribution in [3.63, 3.8) is 0 Å². The number of aryl methyl sites for hydroxylation is 2. The second-order valence-electron chi connectivity index (χ2n) is 5.51. The van der Waals surface area contributed by atoms with Gasteiger partial charge in [0.2, 0.25) is 0 Å². The number of ether oxygens (including phenoxy) is 1. The van der Waals surface area contributed by atoms with Crippen LogP contribution in [0.15, 0.2) is 47.9 Å². The molecule has 25 heavy (non-hydrogen) atoms. The second-order valence-corrected chi connectivity index (χ2v) is 8.10. The van der Waals surface area contributed by atoms with Crippen LogP contribution >= 0.6 is 23.2 Å². The van der Waals surface area contributed by atoms with Crippen molar-refractivity contribution in [2.24, 2.45) is 0 Å². The molecule has 0 amide bonds. The van der Waals surface area contributed by atoms with Gasteiger partial charge in [0.05, 0.1) is 24.4 Å². The molecule has 0 bridgehead atoms. The van der Waals surface area contributed by atoms with E-state index in [-0.39, 0.29) is 21.5 Å². The summed E-state index contributed by atoms with van der Waals surface area (Å²) in [5.74, 6) is 0.312. The molecule has 0 radical (unpaired) electrons. The van der Waals surface area contributed by atoms with Crippen molar-refractivity contribution < 1.29 is 13.2 Å². The lowest BCUT2D eigenvalue weighted by atomic mass is 10.1. The van der Waals surface area contributed by atoms with Crippen LogP contribution in [0.2, 0.25) is 10.0 Å². The Morgan fingerprint density at radius 2 is 1.84 bits per heavy atom. The van der Waals surface area contributed by atoms with Crippen LogP contribution in [0, 0.1) is 13.8 Å². The summed E-state index contributed by atoms with van der Waals surface area (Å²) in [5, 5.41) is -0.00994. The molecule has 0 heterocycles. The van der Waals surface area contributed by atoms with E-state index < -0.39 is 10.0 Å². The van der Waals surface area contributed by atoms with E-state index in [1.807, 2.05) is 26.0 Å². The molecular formula is C18H19Cl2NO3S. The Kier molecular flexibility index (Phi) is 6.03. The summed E-state index contributed by atoms with van der Waals surface area (Å²) in [6, 6.07) is 8.42. The Labute approximate surface area is 158 Å². The fraction of sp³-hybridized carbons (Fsp3) is 0.222. The van der Waals surface area contributed by atoms with Gasteiger partial charge in [-0.2, -0.15) is 0 Å². The van der Waals surface area contributed by atoms with E-state index in [9.17, 15) is 8.42 Å². The maximum Gasteiger partial charge on any atom is 0.266 e. The summed E-state index contributed by atoms with van der Waals surface area (Å²) in [7, 11) is -2.50. The Balaban J connectivity index is 2.65. The number of methoxy groups -OCH3 is 1. The second kappa shape index (κ2) is 7.68. The highest BCUT2D eigenvalue weighted by Gasteiger charge is 2.29. The maximum absolute atomic E-state index is 13.2. The summed E-state index contributed by atoms with van der Waals surface area (Å²) in [6.45, 7) is 7.57. The lowest BCUT2D eigenvalue weighted by molar-refractivity contribution is 0.414. The molecule has 2 rings (SSSR count).